The summed E-state index contributed by atoms with van der Waals surface area (Å²) < 4.78 is 13.5. The largest absolute Gasteiger partial charge is 0.456 e. The minimum Gasteiger partial charge on any atom is -0.456 e. The third-order valence-electron chi connectivity index (χ3n) is 15.5. The molecular weight excluding hydrogens is 839 g/mol. The van der Waals surface area contributed by atoms with E-state index in [4.69, 9.17) is 8.83 Å². The van der Waals surface area contributed by atoms with Gasteiger partial charge in [-0.15, -0.1) is 0 Å². The van der Waals surface area contributed by atoms with Gasteiger partial charge in [0.2, 0.25) is 0 Å². The fourth-order valence-corrected chi connectivity index (χ4v) is 12.0. The van der Waals surface area contributed by atoms with Crippen LogP contribution in [0.2, 0.25) is 0 Å². The van der Waals surface area contributed by atoms with Crippen molar-refractivity contribution in [2.75, 3.05) is 4.90 Å². The van der Waals surface area contributed by atoms with Crippen LogP contribution in [0.5, 0.6) is 0 Å². The van der Waals surface area contributed by atoms with Crippen LogP contribution in [0.1, 0.15) is 49.9 Å². The first-order valence-electron chi connectivity index (χ1n) is 24.1. The number of hydrogen-bond acceptors (Lipinski definition) is 3. The van der Waals surface area contributed by atoms with Crippen LogP contribution in [-0.4, -0.2) is 0 Å². The van der Waals surface area contributed by atoms with Gasteiger partial charge >= 0.3 is 0 Å². The first kappa shape index (κ1) is 39.7. The van der Waals surface area contributed by atoms with E-state index in [9.17, 15) is 0 Å². The molecule has 0 fully saturated rings. The predicted octanol–water partition coefficient (Wildman–Crippen LogP) is 18.6. The smallest absolute Gasteiger partial charge is 0.143 e. The van der Waals surface area contributed by atoms with Crippen LogP contribution >= 0.6 is 0 Å². The molecule has 12 aromatic rings. The fourth-order valence-electron chi connectivity index (χ4n) is 12.0. The van der Waals surface area contributed by atoms with E-state index < -0.39 is 0 Å². The molecule has 0 saturated carbocycles. The highest BCUT2D eigenvalue weighted by Gasteiger charge is 2.37. The van der Waals surface area contributed by atoms with Crippen LogP contribution in [0.4, 0.5) is 17.1 Å². The third-order valence-corrected chi connectivity index (χ3v) is 15.5. The van der Waals surface area contributed by atoms with Gasteiger partial charge in [0.05, 0.1) is 0 Å². The van der Waals surface area contributed by atoms with Gasteiger partial charge < -0.3 is 13.7 Å². The number of benzene rings is 10. The zero-order valence-electron chi connectivity index (χ0n) is 39.0. The molecule has 0 bridgehead atoms. The van der Waals surface area contributed by atoms with Gasteiger partial charge in [0, 0.05) is 55.0 Å². The number of rotatable bonds is 6. The van der Waals surface area contributed by atoms with E-state index in [1.807, 2.05) is 12.1 Å². The van der Waals surface area contributed by atoms with Crippen molar-refractivity contribution in [3.05, 3.63) is 235 Å². The molecule has 0 aliphatic heterocycles. The molecule has 0 saturated heterocycles. The van der Waals surface area contributed by atoms with Crippen LogP contribution in [0.25, 0.3) is 99.5 Å². The molecule has 0 radical (unpaired) electrons. The number of fused-ring (bicyclic) bond motifs is 13. The van der Waals surface area contributed by atoms with Gasteiger partial charge in [-0.2, -0.15) is 0 Å². The summed E-state index contributed by atoms with van der Waals surface area (Å²) in [6, 6.07) is 77.5. The van der Waals surface area contributed by atoms with Crippen molar-refractivity contribution in [3.8, 4) is 55.6 Å². The highest BCUT2D eigenvalue weighted by atomic mass is 16.3. The molecule has 14 rings (SSSR count). The Balaban J connectivity index is 0.962. The van der Waals surface area contributed by atoms with Crippen molar-refractivity contribution in [2.24, 2.45) is 0 Å². The Morgan fingerprint density at radius 3 is 1.51 bits per heavy atom. The Labute approximate surface area is 401 Å². The highest BCUT2D eigenvalue weighted by Crippen LogP contribution is 2.53. The van der Waals surface area contributed by atoms with Gasteiger partial charge in [-0.1, -0.05) is 173 Å². The van der Waals surface area contributed by atoms with Crippen LogP contribution < -0.4 is 4.90 Å². The van der Waals surface area contributed by atoms with Crippen molar-refractivity contribution in [2.45, 2.75) is 38.5 Å². The first-order valence-corrected chi connectivity index (χ1v) is 24.1. The molecule has 2 aliphatic rings. The maximum Gasteiger partial charge on any atom is 0.143 e. The summed E-state index contributed by atoms with van der Waals surface area (Å²) in [4.78, 5) is 2.40. The molecule has 2 aromatic heterocycles. The highest BCUT2D eigenvalue weighted by molar-refractivity contribution is 6.27. The quantitative estimate of drug-likeness (QED) is 0.167. The lowest BCUT2D eigenvalue weighted by Gasteiger charge is -2.28. The molecule has 69 heavy (non-hydrogen) atoms. The molecule has 0 N–H and O–H groups in total. The molecule has 0 unspecified atom stereocenters. The second kappa shape index (κ2) is 14.6. The molecule has 0 atom stereocenters. The summed E-state index contributed by atoms with van der Waals surface area (Å²) in [5.41, 5.74) is 23.9. The second-order valence-electron chi connectivity index (χ2n) is 20.0. The van der Waals surface area contributed by atoms with E-state index in [0.717, 1.165) is 83.2 Å². The lowest BCUT2D eigenvalue weighted by atomic mass is 9.81. The van der Waals surface area contributed by atoms with E-state index in [2.05, 4.69) is 233 Å². The van der Waals surface area contributed by atoms with Gasteiger partial charge in [0.1, 0.15) is 22.3 Å². The van der Waals surface area contributed by atoms with Gasteiger partial charge in [-0.25, -0.2) is 0 Å². The van der Waals surface area contributed by atoms with E-state index in [-0.39, 0.29) is 10.8 Å². The van der Waals surface area contributed by atoms with E-state index >= 15 is 0 Å². The van der Waals surface area contributed by atoms with Crippen molar-refractivity contribution in [1.29, 1.82) is 0 Å². The summed E-state index contributed by atoms with van der Waals surface area (Å²) >= 11 is 0. The molecule has 0 spiro atoms. The second-order valence-corrected chi connectivity index (χ2v) is 20.0. The average Bonchev–Trinajstić information content (AvgIpc) is 4.09. The number of nitrogens with zero attached hydrogens (tertiary/aromatic N) is 1. The number of furan rings is 2. The zero-order chi connectivity index (χ0) is 46.2. The van der Waals surface area contributed by atoms with Gasteiger partial charge in [-0.05, 0) is 139 Å². The summed E-state index contributed by atoms with van der Waals surface area (Å²) in [6.45, 7) is 9.41. The maximum absolute atomic E-state index is 7.11. The fraction of sp³-hybridized carbons (Fsp3) is 0.0909. The molecule has 10 aromatic carbocycles. The Hall–Kier alpha value is -8.40. The minimum atomic E-state index is -0.139. The predicted molar refractivity (Wildman–Crippen MR) is 287 cm³/mol. The number of anilines is 3. The van der Waals surface area contributed by atoms with Crippen LogP contribution in [0.15, 0.2) is 221 Å². The summed E-state index contributed by atoms with van der Waals surface area (Å²) in [6.07, 6.45) is 0. The molecular formula is C66H47NO2. The van der Waals surface area contributed by atoms with Crippen molar-refractivity contribution < 1.29 is 8.83 Å². The van der Waals surface area contributed by atoms with Crippen molar-refractivity contribution in [1.82, 2.24) is 0 Å². The van der Waals surface area contributed by atoms with Gasteiger partial charge in [-0.3, -0.25) is 0 Å². The topological polar surface area (TPSA) is 29.5 Å². The minimum absolute atomic E-state index is 0.139. The number of hydrogen-bond donors (Lipinski definition) is 0. The standard InChI is InChI=1S/C66H47NO2/c1-65(2)54-19-11-8-16-48(54)50-32-26-43(38-56(50)65)47-34-35-53-63-60(37-36-59-62(63)52-18-10-13-21-58(52)68-59)69-64(53)61(47)42-24-29-45(30-25-42)67(44-27-22-41(23-28-44)40-14-6-5-7-15-40)46-31-33-51-49-17-9-12-20-55(49)66(3,4)57(51)39-46/h5-39H,1-4H3. The summed E-state index contributed by atoms with van der Waals surface area (Å²) in [7, 11) is 0. The maximum atomic E-state index is 7.11. The lowest BCUT2D eigenvalue weighted by Crippen LogP contribution is -2.16. The normalized spacial score (nSPS) is 14.0. The van der Waals surface area contributed by atoms with Gasteiger partial charge in [0.25, 0.3) is 0 Å². The van der Waals surface area contributed by atoms with Gasteiger partial charge in [0.15, 0.2) is 0 Å². The van der Waals surface area contributed by atoms with Crippen LogP contribution in [0, 0.1) is 0 Å². The summed E-state index contributed by atoms with van der Waals surface area (Å²) in [5, 5.41) is 4.32. The molecule has 3 nitrogen and oxygen atoms in total. The Kier molecular flexibility index (Phi) is 8.38. The third kappa shape index (κ3) is 5.80. The van der Waals surface area contributed by atoms with E-state index in [1.54, 1.807) is 0 Å². The molecule has 0 amide bonds. The van der Waals surface area contributed by atoms with E-state index in [1.165, 1.54) is 55.6 Å². The number of para-hydroxylation sites is 1. The Morgan fingerprint density at radius 2 is 0.812 bits per heavy atom. The summed E-state index contributed by atoms with van der Waals surface area (Å²) in [5.74, 6) is 0. The van der Waals surface area contributed by atoms with Crippen LogP contribution in [0.3, 0.4) is 0 Å². The molecule has 2 heterocycles. The molecule has 3 heteroatoms. The van der Waals surface area contributed by atoms with E-state index in [0.29, 0.717) is 0 Å². The zero-order valence-corrected chi connectivity index (χ0v) is 39.0. The Bertz CT molecular complexity index is 4050. The molecule has 328 valence electrons. The van der Waals surface area contributed by atoms with Crippen molar-refractivity contribution in [3.63, 3.8) is 0 Å². The Morgan fingerprint density at radius 1 is 0.319 bits per heavy atom. The lowest BCUT2D eigenvalue weighted by molar-refractivity contribution is 0.660. The van der Waals surface area contributed by atoms with Crippen molar-refractivity contribution >= 4 is 60.9 Å². The first-order chi connectivity index (χ1) is 33.7. The SMILES string of the molecule is CC1(C)c2ccccc2-c2ccc(-c3ccc4c(oc5ccc6oc7ccccc7c6c54)c3-c3ccc(N(c4ccc(-c5ccccc5)cc4)c4ccc5c(c4)C(C)(C)c4ccccc4-5)cc3)cc21. The average molecular weight is 886 g/mol. The molecule has 2 aliphatic carbocycles. The van der Waals surface area contributed by atoms with Crippen LogP contribution in [-0.2, 0) is 10.8 Å². The monoisotopic (exact) mass is 885 g/mol.